The second-order valence-electron chi connectivity index (χ2n) is 6.50. The number of likely N-dealkylation sites (tertiary alicyclic amines) is 1. The Morgan fingerprint density at radius 3 is 2.67 bits per heavy atom. The first-order valence-corrected chi connectivity index (χ1v) is 8.47. The number of carbonyl (C=O) groups excluding carboxylic acids is 1. The van der Waals surface area contributed by atoms with E-state index in [9.17, 15) is 9.18 Å². The van der Waals surface area contributed by atoms with E-state index < -0.39 is 0 Å². The van der Waals surface area contributed by atoms with Crippen LogP contribution in [0, 0.1) is 18.7 Å². The first-order chi connectivity index (χ1) is 11.0. The maximum atomic E-state index is 13.3. The van der Waals surface area contributed by atoms with Gasteiger partial charge >= 0.3 is 0 Å². The summed E-state index contributed by atoms with van der Waals surface area (Å²) in [5.74, 6) is 0.357. The van der Waals surface area contributed by atoms with Crippen molar-refractivity contribution < 1.29 is 9.18 Å². The van der Waals surface area contributed by atoms with Gasteiger partial charge in [-0.3, -0.25) is 9.69 Å². The van der Waals surface area contributed by atoms with Crippen LogP contribution in [0.5, 0.6) is 0 Å². The zero-order chi connectivity index (χ0) is 16.8. The molecule has 4 nitrogen and oxygen atoms in total. The van der Waals surface area contributed by atoms with Gasteiger partial charge in [0.1, 0.15) is 5.82 Å². The summed E-state index contributed by atoms with van der Waals surface area (Å²) in [6, 6.07) is 4.28. The number of halogens is 2. The molecule has 1 unspecified atom stereocenters. The van der Waals surface area contributed by atoms with Gasteiger partial charge < -0.3 is 10.6 Å². The molecule has 6 heteroatoms. The highest BCUT2D eigenvalue weighted by Gasteiger charge is 2.26. The molecule has 2 N–H and O–H groups in total. The molecule has 1 aliphatic heterocycles. The smallest absolute Gasteiger partial charge is 0.241 e. The molecule has 1 fully saturated rings. The summed E-state index contributed by atoms with van der Waals surface area (Å²) >= 11 is 0. The molecule has 0 aliphatic carbocycles. The minimum atomic E-state index is -0.330. The van der Waals surface area contributed by atoms with Crippen LogP contribution in [0.25, 0.3) is 0 Å². The molecule has 0 aromatic heterocycles. The minimum absolute atomic E-state index is 0. The molecule has 1 aromatic carbocycles. The van der Waals surface area contributed by atoms with Crippen LogP contribution in [-0.2, 0) is 4.79 Å². The highest BCUT2D eigenvalue weighted by atomic mass is 35.5. The summed E-state index contributed by atoms with van der Waals surface area (Å²) in [7, 11) is 1.98. The standard InChI is InChI=1S/C18H28FN3O.ClH/c1-13-4-5-16(19)12-17(13)21-18(23)14(2)22-10-7-15(8-11-22)6-9-20-3;/h4-5,12,14-15,20H,6-11H2,1-3H3,(H,21,23);1H. The predicted octanol–water partition coefficient (Wildman–Crippen LogP) is 3.20. The van der Waals surface area contributed by atoms with Gasteiger partial charge in [0.05, 0.1) is 6.04 Å². The van der Waals surface area contributed by atoms with Crippen molar-refractivity contribution in [2.45, 2.75) is 39.2 Å². The van der Waals surface area contributed by atoms with Crippen molar-refractivity contribution >= 4 is 24.0 Å². The van der Waals surface area contributed by atoms with E-state index in [1.165, 1.54) is 18.6 Å². The minimum Gasteiger partial charge on any atom is -0.324 e. The van der Waals surface area contributed by atoms with Crippen LogP contribution in [0.1, 0.15) is 31.7 Å². The van der Waals surface area contributed by atoms with E-state index >= 15 is 0 Å². The van der Waals surface area contributed by atoms with Crippen LogP contribution < -0.4 is 10.6 Å². The summed E-state index contributed by atoms with van der Waals surface area (Å²) in [5, 5.41) is 6.06. The molecular formula is C18H29ClFN3O. The second-order valence-corrected chi connectivity index (χ2v) is 6.50. The van der Waals surface area contributed by atoms with E-state index in [4.69, 9.17) is 0 Å². The quantitative estimate of drug-likeness (QED) is 0.821. The molecule has 136 valence electrons. The molecule has 24 heavy (non-hydrogen) atoms. The molecule has 0 bridgehead atoms. The van der Waals surface area contributed by atoms with Crippen molar-refractivity contribution in [3.8, 4) is 0 Å². The zero-order valence-corrected chi connectivity index (χ0v) is 15.6. The number of hydrogen-bond donors (Lipinski definition) is 2. The van der Waals surface area contributed by atoms with Crippen LogP contribution in [0.3, 0.4) is 0 Å². The summed E-state index contributed by atoms with van der Waals surface area (Å²) in [5.41, 5.74) is 1.43. The summed E-state index contributed by atoms with van der Waals surface area (Å²) in [4.78, 5) is 14.7. The van der Waals surface area contributed by atoms with Gasteiger partial charge in [-0.25, -0.2) is 4.39 Å². The molecule has 1 aliphatic rings. The second kappa shape index (κ2) is 9.97. The predicted molar refractivity (Wildman–Crippen MR) is 99.3 cm³/mol. The molecule has 1 heterocycles. The maximum absolute atomic E-state index is 13.3. The lowest BCUT2D eigenvalue weighted by Gasteiger charge is -2.35. The Labute approximate surface area is 150 Å². The molecule has 1 amide bonds. The topological polar surface area (TPSA) is 44.4 Å². The maximum Gasteiger partial charge on any atom is 0.241 e. The largest absolute Gasteiger partial charge is 0.324 e. The van der Waals surface area contributed by atoms with Crippen molar-refractivity contribution in [1.82, 2.24) is 10.2 Å². The van der Waals surface area contributed by atoms with Crippen molar-refractivity contribution in [1.29, 1.82) is 0 Å². The first-order valence-electron chi connectivity index (χ1n) is 8.47. The molecular weight excluding hydrogens is 329 g/mol. The SMILES string of the molecule is CNCCC1CCN(C(C)C(=O)Nc2cc(F)ccc2C)CC1.Cl. The number of nitrogens with one attached hydrogen (secondary N) is 2. The van der Waals surface area contributed by atoms with E-state index in [2.05, 4.69) is 15.5 Å². The summed E-state index contributed by atoms with van der Waals surface area (Å²) in [6.45, 7) is 6.75. The Hall–Kier alpha value is -1.17. The number of carbonyl (C=O) groups is 1. The number of hydrogen-bond acceptors (Lipinski definition) is 3. The van der Waals surface area contributed by atoms with Crippen LogP contribution in [0.2, 0.25) is 0 Å². The monoisotopic (exact) mass is 357 g/mol. The average Bonchev–Trinajstić information content (AvgIpc) is 2.56. The third kappa shape index (κ3) is 5.72. The fourth-order valence-corrected chi connectivity index (χ4v) is 3.11. The first kappa shape index (κ1) is 20.9. The van der Waals surface area contributed by atoms with Crippen LogP contribution in [-0.4, -0.2) is 43.5 Å². The Morgan fingerprint density at radius 1 is 1.38 bits per heavy atom. The number of anilines is 1. The van der Waals surface area contributed by atoms with Gasteiger partial charge in [0, 0.05) is 5.69 Å². The fourth-order valence-electron chi connectivity index (χ4n) is 3.11. The normalized spacial score (nSPS) is 17.2. The molecule has 2 rings (SSSR count). The van der Waals surface area contributed by atoms with Gasteiger partial charge in [-0.15, -0.1) is 12.4 Å². The fraction of sp³-hybridized carbons (Fsp3) is 0.611. The summed E-state index contributed by atoms with van der Waals surface area (Å²) < 4.78 is 13.3. The highest BCUT2D eigenvalue weighted by Crippen LogP contribution is 2.22. The van der Waals surface area contributed by atoms with E-state index in [-0.39, 0.29) is 30.2 Å². The molecule has 1 atom stereocenters. The Morgan fingerprint density at radius 2 is 2.04 bits per heavy atom. The van der Waals surface area contributed by atoms with Gasteiger partial charge in [-0.05, 0) is 83.4 Å². The molecule has 1 saturated heterocycles. The lowest BCUT2D eigenvalue weighted by Crippen LogP contribution is -2.46. The van der Waals surface area contributed by atoms with Gasteiger partial charge in [-0.1, -0.05) is 6.07 Å². The van der Waals surface area contributed by atoms with Crippen molar-refractivity contribution in [3.05, 3.63) is 29.6 Å². The van der Waals surface area contributed by atoms with Crippen LogP contribution >= 0.6 is 12.4 Å². The van der Waals surface area contributed by atoms with E-state index in [1.807, 2.05) is 20.9 Å². The van der Waals surface area contributed by atoms with Crippen molar-refractivity contribution in [2.75, 3.05) is 32.0 Å². The number of aryl methyl sites for hydroxylation is 1. The zero-order valence-electron chi connectivity index (χ0n) is 14.8. The average molecular weight is 358 g/mol. The van der Waals surface area contributed by atoms with Crippen molar-refractivity contribution in [2.24, 2.45) is 5.92 Å². The molecule has 0 spiro atoms. The lowest BCUT2D eigenvalue weighted by molar-refractivity contribution is -0.121. The Bertz CT molecular complexity index is 533. The number of amides is 1. The Kier molecular flexibility index (Phi) is 8.67. The van der Waals surface area contributed by atoms with E-state index in [1.54, 1.807) is 6.07 Å². The third-order valence-electron chi connectivity index (χ3n) is 4.84. The highest BCUT2D eigenvalue weighted by molar-refractivity contribution is 5.95. The Balaban J connectivity index is 0.00000288. The summed E-state index contributed by atoms with van der Waals surface area (Å²) in [6.07, 6.45) is 3.48. The van der Waals surface area contributed by atoms with Crippen LogP contribution in [0.15, 0.2) is 18.2 Å². The van der Waals surface area contributed by atoms with Gasteiger partial charge in [0.2, 0.25) is 5.91 Å². The van der Waals surface area contributed by atoms with Gasteiger partial charge in [0.25, 0.3) is 0 Å². The van der Waals surface area contributed by atoms with E-state index in [0.717, 1.165) is 44.0 Å². The number of piperidine rings is 1. The van der Waals surface area contributed by atoms with Crippen molar-refractivity contribution in [3.63, 3.8) is 0 Å². The number of benzene rings is 1. The van der Waals surface area contributed by atoms with E-state index in [0.29, 0.717) is 5.69 Å². The van der Waals surface area contributed by atoms with Gasteiger partial charge in [-0.2, -0.15) is 0 Å². The molecule has 1 aromatic rings. The number of nitrogens with zero attached hydrogens (tertiary/aromatic N) is 1. The lowest BCUT2D eigenvalue weighted by atomic mass is 9.93. The van der Waals surface area contributed by atoms with Crippen LogP contribution in [0.4, 0.5) is 10.1 Å². The third-order valence-corrected chi connectivity index (χ3v) is 4.84. The molecule has 0 saturated carbocycles. The number of rotatable bonds is 6. The molecule has 0 radical (unpaired) electrons. The van der Waals surface area contributed by atoms with Gasteiger partial charge in [0.15, 0.2) is 0 Å².